The van der Waals surface area contributed by atoms with Crippen LogP contribution >= 0.6 is 11.8 Å². The van der Waals surface area contributed by atoms with Crippen LogP contribution in [-0.4, -0.2) is 44.5 Å². The molecule has 0 saturated carbocycles. The highest BCUT2D eigenvalue weighted by Gasteiger charge is 2.20. The molecule has 4 rings (SSSR count). The zero-order valence-corrected chi connectivity index (χ0v) is 15.0. The molecule has 2 aliphatic rings. The van der Waals surface area contributed by atoms with Crippen LogP contribution < -0.4 is 0 Å². The van der Waals surface area contributed by atoms with Gasteiger partial charge in [-0.25, -0.2) is 4.68 Å². The number of aromatic nitrogens is 4. The standard InChI is InChI=1S/C18H22N4O2S/c23-17(15-8-7-13-4-1-2-5-14(13)10-15)12-25-18-19-20-21-22(18)11-16-6-3-9-24-16/h7-8,10,16H,1-6,9,11-12H2/t16-/m0/s1. The van der Waals surface area contributed by atoms with E-state index < -0.39 is 0 Å². The highest BCUT2D eigenvalue weighted by atomic mass is 32.2. The minimum absolute atomic E-state index is 0.130. The first kappa shape index (κ1) is 16.7. The number of carbonyl (C=O) groups excluding carboxylic acids is 1. The van der Waals surface area contributed by atoms with Gasteiger partial charge in [-0.1, -0.05) is 23.9 Å². The lowest BCUT2D eigenvalue weighted by Gasteiger charge is -2.16. The maximum absolute atomic E-state index is 12.6. The Morgan fingerprint density at radius 2 is 2.12 bits per heavy atom. The number of hydrogen-bond acceptors (Lipinski definition) is 6. The molecule has 0 bridgehead atoms. The van der Waals surface area contributed by atoms with E-state index in [2.05, 4.69) is 27.7 Å². The maximum atomic E-state index is 12.6. The van der Waals surface area contributed by atoms with Crippen molar-refractivity contribution >= 4 is 17.5 Å². The van der Waals surface area contributed by atoms with Crippen molar-refractivity contribution in [3.8, 4) is 0 Å². The predicted molar refractivity (Wildman–Crippen MR) is 94.9 cm³/mol. The number of fused-ring (bicyclic) bond motifs is 1. The van der Waals surface area contributed by atoms with Crippen LogP contribution in [0.4, 0.5) is 0 Å². The molecule has 0 N–H and O–H groups in total. The van der Waals surface area contributed by atoms with Crippen LogP contribution in [0.3, 0.4) is 0 Å². The molecule has 1 atom stereocenters. The van der Waals surface area contributed by atoms with Crippen LogP contribution in [0.15, 0.2) is 23.4 Å². The topological polar surface area (TPSA) is 69.9 Å². The quantitative estimate of drug-likeness (QED) is 0.584. The molecule has 132 valence electrons. The fraction of sp³-hybridized carbons (Fsp3) is 0.556. The second-order valence-electron chi connectivity index (χ2n) is 6.68. The molecule has 6 nitrogen and oxygen atoms in total. The van der Waals surface area contributed by atoms with Gasteiger partial charge in [0, 0.05) is 12.2 Å². The summed E-state index contributed by atoms with van der Waals surface area (Å²) in [5, 5.41) is 12.5. The first-order chi connectivity index (χ1) is 12.3. The minimum atomic E-state index is 0.130. The molecule has 1 aromatic carbocycles. The fourth-order valence-electron chi connectivity index (χ4n) is 3.52. The van der Waals surface area contributed by atoms with Crippen molar-refractivity contribution in [2.24, 2.45) is 0 Å². The molecular weight excluding hydrogens is 336 g/mol. The van der Waals surface area contributed by atoms with Gasteiger partial charge < -0.3 is 4.74 Å². The zero-order valence-electron chi connectivity index (χ0n) is 14.2. The molecule has 2 heterocycles. The normalized spacial score (nSPS) is 19.8. The van der Waals surface area contributed by atoms with Crippen LogP contribution in [-0.2, 0) is 24.1 Å². The third-order valence-electron chi connectivity index (χ3n) is 4.90. The third kappa shape index (κ3) is 3.93. The molecular formula is C18H22N4O2S. The van der Waals surface area contributed by atoms with Crippen molar-refractivity contribution < 1.29 is 9.53 Å². The Labute approximate surface area is 151 Å². The monoisotopic (exact) mass is 358 g/mol. The number of hydrogen-bond donors (Lipinski definition) is 0. The molecule has 7 heteroatoms. The third-order valence-corrected chi connectivity index (χ3v) is 5.86. The largest absolute Gasteiger partial charge is 0.376 e. The van der Waals surface area contributed by atoms with Gasteiger partial charge >= 0.3 is 0 Å². The first-order valence-electron chi connectivity index (χ1n) is 8.95. The second-order valence-corrected chi connectivity index (χ2v) is 7.62. The van der Waals surface area contributed by atoms with Crippen LogP contribution in [0.1, 0.15) is 47.2 Å². The van der Waals surface area contributed by atoms with Gasteiger partial charge in [-0.05, 0) is 66.1 Å². The number of rotatable bonds is 6. The molecule has 0 amide bonds. The molecule has 0 radical (unpaired) electrons. The van der Waals surface area contributed by atoms with Crippen LogP contribution in [0.5, 0.6) is 0 Å². The number of carbonyl (C=O) groups is 1. The number of ether oxygens (including phenoxy) is 1. The number of Topliss-reactive ketones (excluding diaryl/α,β-unsaturated/α-hetero) is 1. The van der Waals surface area contributed by atoms with E-state index in [9.17, 15) is 4.79 Å². The maximum Gasteiger partial charge on any atom is 0.209 e. The number of thioether (sulfide) groups is 1. The summed E-state index contributed by atoms with van der Waals surface area (Å²) in [5.74, 6) is 0.482. The minimum Gasteiger partial charge on any atom is -0.376 e. The van der Waals surface area contributed by atoms with Crippen molar-refractivity contribution in [3.63, 3.8) is 0 Å². The van der Waals surface area contributed by atoms with Gasteiger partial charge in [0.2, 0.25) is 5.16 Å². The Kier molecular flexibility index (Phi) is 5.12. The van der Waals surface area contributed by atoms with Crippen LogP contribution in [0, 0.1) is 0 Å². The molecule has 0 unspecified atom stereocenters. The fourth-order valence-corrected chi connectivity index (χ4v) is 4.30. The van der Waals surface area contributed by atoms with E-state index in [1.807, 2.05) is 6.07 Å². The van der Waals surface area contributed by atoms with Gasteiger partial charge in [-0.3, -0.25) is 4.79 Å². The van der Waals surface area contributed by atoms with E-state index in [1.54, 1.807) is 4.68 Å². The lowest BCUT2D eigenvalue weighted by Crippen LogP contribution is -2.17. The summed E-state index contributed by atoms with van der Waals surface area (Å²) < 4.78 is 7.39. The summed E-state index contributed by atoms with van der Waals surface area (Å²) in [5.41, 5.74) is 3.53. The first-order valence-corrected chi connectivity index (χ1v) is 9.94. The lowest BCUT2D eigenvalue weighted by atomic mass is 9.90. The van der Waals surface area contributed by atoms with E-state index in [4.69, 9.17) is 4.74 Å². The number of aryl methyl sites for hydroxylation is 2. The Morgan fingerprint density at radius 3 is 2.96 bits per heavy atom. The van der Waals surface area contributed by atoms with Crippen molar-refractivity contribution in [3.05, 3.63) is 34.9 Å². The van der Waals surface area contributed by atoms with Gasteiger partial charge in [0.25, 0.3) is 0 Å². The molecule has 1 aromatic heterocycles. The summed E-state index contributed by atoms with van der Waals surface area (Å²) in [6.45, 7) is 1.47. The Bertz CT molecular complexity index is 755. The van der Waals surface area contributed by atoms with E-state index in [-0.39, 0.29) is 11.9 Å². The highest BCUT2D eigenvalue weighted by Crippen LogP contribution is 2.24. The van der Waals surface area contributed by atoms with Crippen LogP contribution in [0.2, 0.25) is 0 Å². The lowest BCUT2D eigenvalue weighted by molar-refractivity contribution is 0.0912. The van der Waals surface area contributed by atoms with E-state index in [1.165, 1.54) is 35.7 Å². The SMILES string of the molecule is O=C(CSc1nnnn1C[C@@H]1CCCO1)c1ccc2c(c1)CCCC2. The number of benzene rings is 1. The van der Waals surface area contributed by atoms with Crippen molar-refractivity contribution in [2.75, 3.05) is 12.4 Å². The van der Waals surface area contributed by atoms with Crippen LogP contribution in [0.25, 0.3) is 0 Å². The predicted octanol–water partition coefficient (Wildman–Crippen LogP) is 2.71. The van der Waals surface area contributed by atoms with Crippen molar-refractivity contribution in [1.29, 1.82) is 0 Å². The number of ketones is 1. The highest BCUT2D eigenvalue weighted by molar-refractivity contribution is 7.99. The summed E-state index contributed by atoms with van der Waals surface area (Å²) in [6, 6.07) is 6.16. The van der Waals surface area contributed by atoms with Gasteiger partial charge in [0.1, 0.15) is 0 Å². The second kappa shape index (κ2) is 7.66. The molecule has 1 saturated heterocycles. The van der Waals surface area contributed by atoms with Gasteiger partial charge in [0.05, 0.1) is 18.4 Å². The molecule has 0 spiro atoms. The summed E-state index contributed by atoms with van der Waals surface area (Å²) in [6.07, 6.45) is 7.00. The van der Waals surface area contributed by atoms with E-state index >= 15 is 0 Å². The molecule has 25 heavy (non-hydrogen) atoms. The Morgan fingerprint density at radius 1 is 1.24 bits per heavy atom. The smallest absolute Gasteiger partial charge is 0.209 e. The average molecular weight is 358 g/mol. The molecule has 2 aromatic rings. The average Bonchev–Trinajstić information content (AvgIpc) is 3.32. The van der Waals surface area contributed by atoms with Crippen molar-refractivity contribution in [2.45, 2.75) is 56.3 Å². The Balaban J connectivity index is 1.38. The van der Waals surface area contributed by atoms with Gasteiger partial charge in [-0.2, -0.15) is 0 Å². The number of tetrazole rings is 1. The summed E-state index contributed by atoms with van der Waals surface area (Å²) >= 11 is 1.40. The summed E-state index contributed by atoms with van der Waals surface area (Å²) in [4.78, 5) is 12.6. The molecule has 1 aliphatic heterocycles. The molecule has 1 aliphatic carbocycles. The zero-order chi connectivity index (χ0) is 17.1. The van der Waals surface area contributed by atoms with E-state index in [0.29, 0.717) is 17.5 Å². The van der Waals surface area contributed by atoms with Gasteiger partial charge in [-0.15, -0.1) is 5.10 Å². The Hall–Kier alpha value is -1.73. The van der Waals surface area contributed by atoms with Crippen molar-refractivity contribution in [1.82, 2.24) is 20.2 Å². The van der Waals surface area contributed by atoms with E-state index in [0.717, 1.165) is 37.9 Å². The summed E-state index contributed by atoms with van der Waals surface area (Å²) in [7, 11) is 0. The number of nitrogens with zero attached hydrogens (tertiary/aromatic N) is 4. The molecule has 1 fully saturated rings. The van der Waals surface area contributed by atoms with Gasteiger partial charge in [0.15, 0.2) is 5.78 Å².